The van der Waals surface area contributed by atoms with E-state index in [0.29, 0.717) is 22.1 Å². The molecule has 1 aromatic heterocycles. The van der Waals surface area contributed by atoms with Gasteiger partial charge in [-0.3, -0.25) is 9.69 Å². The van der Waals surface area contributed by atoms with Gasteiger partial charge in [-0.15, -0.1) is 0 Å². The van der Waals surface area contributed by atoms with Crippen LogP contribution >= 0.6 is 11.6 Å². The van der Waals surface area contributed by atoms with Crippen molar-refractivity contribution in [1.29, 1.82) is 5.26 Å². The fraction of sp³-hybridized carbons (Fsp3) is 0.0455. The van der Waals surface area contributed by atoms with Gasteiger partial charge in [0.25, 0.3) is 5.91 Å². The summed E-state index contributed by atoms with van der Waals surface area (Å²) in [5, 5.41) is 12.0. The summed E-state index contributed by atoms with van der Waals surface area (Å²) < 4.78 is 5.76. The smallest absolute Gasteiger partial charge is 0.329 e. The van der Waals surface area contributed by atoms with E-state index < -0.39 is 11.9 Å². The molecule has 3 aromatic rings. The van der Waals surface area contributed by atoms with Crippen molar-refractivity contribution in [3.63, 3.8) is 0 Å². The second kappa shape index (κ2) is 7.66. The summed E-state index contributed by atoms with van der Waals surface area (Å²) in [6.07, 6.45) is 1.50. The van der Waals surface area contributed by atoms with Crippen LogP contribution in [0.1, 0.15) is 16.9 Å². The monoisotopic (exact) mass is 403 g/mol. The minimum absolute atomic E-state index is 0.143. The summed E-state index contributed by atoms with van der Waals surface area (Å²) in [6, 6.07) is 19.0. The van der Waals surface area contributed by atoms with Gasteiger partial charge in [-0.1, -0.05) is 23.7 Å². The van der Waals surface area contributed by atoms with Crippen LogP contribution in [0.4, 0.5) is 4.79 Å². The molecule has 0 unspecified atom stereocenters. The fourth-order valence-corrected chi connectivity index (χ4v) is 3.05. The summed E-state index contributed by atoms with van der Waals surface area (Å²) in [5.74, 6) is 0.596. The summed E-state index contributed by atoms with van der Waals surface area (Å²) in [5.41, 5.74) is 2.30. The molecule has 6 nitrogen and oxygen atoms in total. The van der Waals surface area contributed by atoms with Gasteiger partial charge in [0.15, 0.2) is 0 Å². The number of urea groups is 1. The minimum atomic E-state index is -0.491. The first-order chi connectivity index (χ1) is 14.0. The van der Waals surface area contributed by atoms with Crippen LogP contribution in [0.15, 0.2) is 70.8 Å². The number of nitrogens with zero attached hydrogens (tertiary/aromatic N) is 2. The Morgan fingerprint density at radius 3 is 2.45 bits per heavy atom. The topological polar surface area (TPSA) is 86.3 Å². The maximum absolute atomic E-state index is 12.6. The number of benzene rings is 2. The molecule has 0 bridgehead atoms. The number of hydrogen-bond donors (Lipinski definition) is 1. The average Bonchev–Trinajstić information content (AvgIpc) is 3.30. The van der Waals surface area contributed by atoms with Crippen LogP contribution in [0.5, 0.6) is 0 Å². The van der Waals surface area contributed by atoms with Gasteiger partial charge < -0.3 is 9.73 Å². The Morgan fingerprint density at radius 1 is 1.03 bits per heavy atom. The van der Waals surface area contributed by atoms with E-state index in [2.05, 4.69) is 11.4 Å². The van der Waals surface area contributed by atoms with Crippen LogP contribution in [-0.2, 0) is 11.3 Å². The molecule has 4 rings (SSSR count). The van der Waals surface area contributed by atoms with Gasteiger partial charge in [0, 0.05) is 16.7 Å². The van der Waals surface area contributed by atoms with Gasteiger partial charge in [-0.2, -0.15) is 5.26 Å². The summed E-state index contributed by atoms with van der Waals surface area (Å²) in [7, 11) is 0. The highest BCUT2D eigenvalue weighted by Gasteiger charge is 2.33. The molecule has 0 atom stereocenters. The zero-order valence-corrected chi connectivity index (χ0v) is 15.8. The van der Waals surface area contributed by atoms with Crippen molar-refractivity contribution in [2.45, 2.75) is 6.54 Å². The van der Waals surface area contributed by atoms with Crippen molar-refractivity contribution < 1.29 is 14.0 Å². The van der Waals surface area contributed by atoms with Crippen LogP contribution in [0.25, 0.3) is 17.4 Å². The third-order valence-corrected chi connectivity index (χ3v) is 4.68. The molecule has 2 heterocycles. The van der Waals surface area contributed by atoms with Gasteiger partial charge in [0.05, 0.1) is 18.2 Å². The Bertz CT molecular complexity index is 1160. The van der Waals surface area contributed by atoms with Crippen LogP contribution in [0.3, 0.4) is 0 Å². The summed E-state index contributed by atoms with van der Waals surface area (Å²) in [4.78, 5) is 26.0. The second-order valence-electron chi connectivity index (χ2n) is 6.40. The number of carbonyl (C=O) groups is 2. The number of hydrogen-bond acceptors (Lipinski definition) is 4. The Morgan fingerprint density at radius 2 is 1.76 bits per heavy atom. The van der Waals surface area contributed by atoms with E-state index in [1.165, 1.54) is 6.08 Å². The minimum Gasteiger partial charge on any atom is -0.457 e. The zero-order valence-electron chi connectivity index (χ0n) is 15.1. The van der Waals surface area contributed by atoms with E-state index in [1.807, 2.05) is 0 Å². The molecule has 0 radical (unpaired) electrons. The molecular formula is C22H14ClN3O3. The number of furan rings is 1. The van der Waals surface area contributed by atoms with E-state index in [-0.39, 0.29) is 12.2 Å². The normalized spacial score (nSPS) is 14.9. The lowest BCUT2D eigenvalue weighted by molar-refractivity contribution is -0.123. The van der Waals surface area contributed by atoms with Gasteiger partial charge >= 0.3 is 6.03 Å². The number of halogens is 1. The SMILES string of the molecule is N#Cc1ccc(-c2ccc(/C=C3\NC(=O)N(Cc4ccc(Cl)cc4)C3=O)o2)cc1. The van der Waals surface area contributed by atoms with Crippen LogP contribution in [-0.4, -0.2) is 16.8 Å². The number of nitrogens with one attached hydrogen (secondary N) is 1. The predicted molar refractivity (Wildman–Crippen MR) is 107 cm³/mol. The number of amides is 3. The quantitative estimate of drug-likeness (QED) is 0.511. The van der Waals surface area contributed by atoms with E-state index in [1.54, 1.807) is 60.7 Å². The first-order valence-corrected chi connectivity index (χ1v) is 9.10. The molecule has 1 aliphatic heterocycles. The molecule has 0 saturated carbocycles. The first-order valence-electron chi connectivity index (χ1n) is 8.73. The summed E-state index contributed by atoms with van der Waals surface area (Å²) in [6.45, 7) is 0.147. The van der Waals surface area contributed by atoms with E-state index in [9.17, 15) is 9.59 Å². The van der Waals surface area contributed by atoms with Crippen molar-refractivity contribution >= 4 is 29.6 Å². The lowest BCUT2D eigenvalue weighted by atomic mass is 10.1. The number of carbonyl (C=O) groups excluding carboxylic acids is 2. The van der Waals surface area contributed by atoms with E-state index >= 15 is 0 Å². The largest absolute Gasteiger partial charge is 0.457 e. The molecule has 1 fully saturated rings. The maximum Gasteiger partial charge on any atom is 0.329 e. The van der Waals surface area contributed by atoms with Crippen LogP contribution < -0.4 is 5.32 Å². The van der Waals surface area contributed by atoms with Crippen molar-refractivity contribution in [1.82, 2.24) is 10.2 Å². The number of nitriles is 1. The van der Waals surface area contributed by atoms with Crippen molar-refractivity contribution in [2.75, 3.05) is 0 Å². The first kappa shape index (κ1) is 18.5. The molecule has 2 aromatic carbocycles. The highest BCUT2D eigenvalue weighted by Crippen LogP contribution is 2.25. The van der Waals surface area contributed by atoms with Crippen molar-refractivity contribution in [2.24, 2.45) is 0 Å². The Kier molecular flexibility index (Phi) is 4.90. The third-order valence-electron chi connectivity index (χ3n) is 4.43. The lowest BCUT2D eigenvalue weighted by Gasteiger charge is -2.11. The highest BCUT2D eigenvalue weighted by molar-refractivity contribution is 6.30. The van der Waals surface area contributed by atoms with E-state index in [4.69, 9.17) is 21.3 Å². The molecule has 0 spiro atoms. The lowest BCUT2D eigenvalue weighted by Crippen LogP contribution is -2.30. The Balaban J connectivity index is 1.52. The molecule has 3 amide bonds. The van der Waals surface area contributed by atoms with Crippen molar-refractivity contribution in [3.8, 4) is 17.4 Å². The highest BCUT2D eigenvalue weighted by atomic mass is 35.5. The standard InChI is InChI=1S/C22H14ClN3O3/c23-17-7-3-15(4-8-17)13-26-21(27)19(25-22(26)28)11-18-9-10-20(29-18)16-5-1-14(12-24)2-6-16/h1-11H,13H2,(H,25,28)/b19-11-. The summed E-state index contributed by atoms with van der Waals surface area (Å²) >= 11 is 5.87. The van der Waals surface area contributed by atoms with Crippen LogP contribution in [0.2, 0.25) is 5.02 Å². The molecule has 1 N–H and O–H groups in total. The average molecular weight is 404 g/mol. The molecular weight excluding hydrogens is 390 g/mol. The van der Waals surface area contributed by atoms with E-state index in [0.717, 1.165) is 16.0 Å². The van der Waals surface area contributed by atoms with Gasteiger partial charge in [-0.05, 0) is 54.1 Å². The zero-order chi connectivity index (χ0) is 20.4. The predicted octanol–water partition coefficient (Wildman–Crippen LogP) is 4.56. The van der Waals surface area contributed by atoms with Gasteiger partial charge in [0.1, 0.15) is 17.2 Å². The number of rotatable bonds is 4. The number of imide groups is 1. The molecule has 1 aliphatic rings. The molecule has 29 heavy (non-hydrogen) atoms. The Labute approximate surface area is 171 Å². The third kappa shape index (κ3) is 3.91. The molecule has 1 saturated heterocycles. The molecule has 142 valence electrons. The van der Waals surface area contributed by atoms with Gasteiger partial charge in [-0.25, -0.2) is 4.79 Å². The fourth-order valence-electron chi connectivity index (χ4n) is 2.92. The maximum atomic E-state index is 12.6. The molecule has 7 heteroatoms. The second-order valence-corrected chi connectivity index (χ2v) is 6.83. The van der Waals surface area contributed by atoms with Crippen LogP contribution in [0, 0.1) is 11.3 Å². The molecule has 0 aliphatic carbocycles. The van der Waals surface area contributed by atoms with Crippen molar-refractivity contribution in [3.05, 3.63) is 88.3 Å². The Hall–Kier alpha value is -3.82. The van der Waals surface area contributed by atoms with Gasteiger partial charge in [0.2, 0.25) is 0 Å².